The summed E-state index contributed by atoms with van der Waals surface area (Å²) in [7, 11) is -5.82. The predicted molar refractivity (Wildman–Crippen MR) is 115 cm³/mol. The van der Waals surface area contributed by atoms with E-state index in [4.69, 9.17) is 18.8 Å². The molecule has 2 bridgehead atoms. The molecule has 204 valence electrons. The lowest BCUT2D eigenvalue weighted by atomic mass is 9.78. The van der Waals surface area contributed by atoms with Gasteiger partial charge in [-0.2, -0.15) is 17.2 Å². The van der Waals surface area contributed by atoms with Crippen molar-refractivity contribution in [2.75, 3.05) is 0 Å². The van der Waals surface area contributed by atoms with Crippen molar-refractivity contribution < 1.29 is 59.9 Å². The number of cyclic esters (lactones) is 1. The van der Waals surface area contributed by atoms with E-state index in [1.54, 1.807) is 0 Å². The molecule has 0 aromatic heterocycles. The van der Waals surface area contributed by atoms with E-state index in [0.717, 1.165) is 19.3 Å². The van der Waals surface area contributed by atoms with Crippen molar-refractivity contribution in [1.82, 2.24) is 0 Å². The number of carbonyl (C=O) groups excluding carboxylic acids is 4. The van der Waals surface area contributed by atoms with Gasteiger partial charge in [0.1, 0.15) is 5.60 Å². The molecule has 11 nitrogen and oxygen atoms in total. The smallest absolute Gasteiger partial charge is 0.405 e. The summed E-state index contributed by atoms with van der Waals surface area (Å²) in [5, 5.41) is -4.74. The second kappa shape index (κ2) is 10.2. The molecule has 0 aromatic rings. The fourth-order valence-electron chi connectivity index (χ4n) is 5.25. The third-order valence-electron chi connectivity index (χ3n) is 7.14. The van der Waals surface area contributed by atoms with E-state index in [-0.39, 0.29) is 12.3 Å². The first-order chi connectivity index (χ1) is 16.5. The maximum absolute atomic E-state index is 13.4. The van der Waals surface area contributed by atoms with Crippen LogP contribution in [-0.4, -0.2) is 66.0 Å². The Morgan fingerprint density at radius 3 is 2.31 bits per heavy atom. The van der Waals surface area contributed by atoms with Crippen LogP contribution < -0.4 is 0 Å². The highest BCUT2D eigenvalue weighted by Crippen LogP contribution is 2.53. The third-order valence-corrected chi connectivity index (χ3v) is 8.16. The Hall–Kier alpha value is -2.35. The van der Waals surface area contributed by atoms with Crippen LogP contribution in [0.2, 0.25) is 0 Å². The van der Waals surface area contributed by atoms with Crippen LogP contribution in [0.1, 0.15) is 65.7 Å². The van der Waals surface area contributed by atoms with E-state index in [1.165, 1.54) is 6.42 Å². The van der Waals surface area contributed by atoms with Crippen LogP contribution in [0.25, 0.3) is 0 Å². The largest absolute Gasteiger partial charge is 0.457 e. The van der Waals surface area contributed by atoms with Crippen LogP contribution >= 0.6 is 0 Å². The molecule has 3 aliphatic rings. The summed E-state index contributed by atoms with van der Waals surface area (Å²) in [4.78, 5) is 48.4. The number of esters is 4. The first-order valence-corrected chi connectivity index (χ1v) is 13.1. The Balaban J connectivity index is 1.44. The zero-order valence-electron chi connectivity index (χ0n) is 20.1. The van der Waals surface area contributed by atoms with Gasteiger partial charge in [-0.1, -0.05) is 6.42 Å². The third kappa shape index (κ3) is 6.13. The van der Waals surface area contributed by atoms with Crippen molar-refractivity contribution in [3.05, 3.63) is 0 Å². The molecule has 6 unspecified atom stereocenters. The van der Waals surface area contributed by atoms with Gasteiger partial charge in [-0.25, -0.2) is 9.59 Å². The fourth-order valence-corrected chi connectivity index (χ4v) is 5.72. The summed E-state index contributed by atoms with van der Waals surface area (Å²) in [6.07, 6.45) is -2.54. The van der Waals surface area contributed by atoms with Crippen LogP contribution in [0.15, 0.2) is 0 Å². The molecule has 0 amide bonds. The maximum atomic E-state index is 13.4. The van der Waals surface area contributed by atoms with Gasteiger partial charge >= 0.3 is 39.2 Å². The fraction of sp³-hybridized carbons (Fsp3) is 0.818. The summed E-state index contributed by atoms with van der Waals surface area (Å²) in [6.45, 7) is 4.21. The lowest BCUT2D eigenvalue weighted by Crippen LogP contribution is -2.42. The average Bonchev–Trinajstić information content (AvgIpc) is 3.48. The molecule has 0 spiro atoms. The van der Waals surface area contributed by atoms with Gasteiger partial charge in [0.05, 0.1) is 12.8 Å². The van der Waals surface area contributed by atoms with Crippen molar-refractivity contribution in [3.63, 3.8) is 0 Å². The quantitative estimate of drug-likeness (QED) is 0.246. The van der Waals surface area contributed by atoms with E-state index in [2.05, 4.69) is 4.74 Å². The Kier molecular flexibility index (Phi) is 7.99. The number of halogens is 2. The predicted octanol–water partition coefficient (Wildman–Crippen LogP) is 2.16. The normalized spacial score (nSPS) is 28.9. The second-order valence-electron chi connectivity index (χ2n) is 10.1. The number of hydrogen-bond acceptors (Lipinski definition) is 10. The number of alkyl halides is 2. The monoisotopic (exact) mass is 540 g/mol. The van der Waals surface area contributed by atoms with Crippen molar-refractivity contribution in [2.24, 2.45) is 17.8 Å². The lowest BCUT2D eigenvalue weighted by molar-refractivity contribution is -0.178. The molecule has 0 aromatic carbocycles. The van der Waals surface area contributed by atoms with Gasteiger partial charge in [-0.05, 0) is 51.9 Å². The van der Waals surface area contributed by atoms with Crippen molar-refractivity contribution in [2.45, 2.75) is 94.9 Å². The molecule has 2 aliphatic carbocycles. The molecule has 1 aliphatic heterocycles. The molecule has 6 atom stereocenters. The van der Waals surface area contributed by atoms with Gasteiger partial charge in [-0.15, -0.1) is 0 Å². The van der Waals surface area contributed by atoms with Crippen LogP contribution in [0.5, 0.6) is 0 Å². The van der Waals surface area contributed by atoms with Crippen LogP contribution in [-0.2, 0) is 48.2 Å². The zero-order valence-corrected chi connectivity index (χ0v) is 20.9. The van der Waals surface area contributed by atoms with E-state index in [0.29, 0.717) is 18.8 Å². The van der Waals surface area contributed by atoms with Crippen LogP contribution in [0.3, 0.4) is 0 Å². The lowest BCUT2D eigenvalue weighted by Gasteiger charge is -2.37. The highest BCUT2D eigenvalue weighted by Gasteiger charge is 2.52. The standard InChI is InChI=1S/C22H30F2O11S/c1-11(22(23,24)36(29,30)31)32-17(25)6-7-18(26)33-15-10-16(34-19(15)27)20(28)35-21(2,3)14-9-12-4-5-13(14)8-12/h11-16H,4-10H2,1-3H3,(H,29,30,31). The van der Waals surface area contributed by atoms with Gasteiger partial charge in [-0.3, -0.25) is 14.1 Å². The number of ether oxygens (including phenoxy) is 4. The zero-order chi connectivity index (χ0) is 27.1. The molecule has 1 N–H and O–H groups in total. The van der Waals surface area contributed by atoms with Gasteiger partial charge in [0.25, 0.3) is 0 Å². The number of hydrogen-bond donors (Lipinski definition) is 1. The van der Waals surface area contributed by atoms with Gasteiger partial charge in [0.15, 0.2) is 6.10 Å². The summed E-state index contributed by atoms with van der Waals surface area (Å²) in [5.74, 6) is -2.79. The van der Waals surface area contributed by atoms with Gasteiger partial charge in [0, 0.05) is 12.3 Å². The molecule has 1 saturated heterocycles. The first-order valence-electron chi connectivity index (χ1n) is 11.7. The van der Waals surface area contributed by atoms with E-state index < -0.39 is 76.0 Å². The van der Waals surface area contributed by atoms with Crippen molar-refractivity contribution in [3.8, 4) is 0 Å². The summed E-state index contributed by atoms with van der Waals surface area (Å²) in [5.41, 5.74) is -0.748. The molecule has 0 radical (unpaired) electrons. The highest BCUT2D eigenvalue weighted by atomic mass is 32.2. The topological polar surface area (TPSA) is 160 Å². The van der Waals surface area contributed by atoms with Gasteiger partial charge < -0.3 is 18.9 Å². The van der Waals surface area contributed by atoms with Crippen molar-refractivity contribution in [1.29, 1.82) is 0 Å². The molecule has 2 saturated carbocycles. The average molecular weight is 541 g/mol. The molecule has 14 heteroatoms. The second-order valence-corrected chi connectivity index (χ2v) is 11.6. The minimum atomic E-state index is -5.82. The molecule has 1 heterocycles. The van der Waals surface area contributed by atoms with E-state index in [9.17, 15) is 36.4 Å². The van der Waals surface area contributed by atoms with Crippen molar-refractivity contribution >= 4 is 34.0 Å². The number of carbonyl (C=O) groups is 4. The molecule has 36 heavy (non-hydrogen) atoms. The summed E-state index contributed by atoms with van der Waals surface area (Å²) >= 11 is 0. The molecule has 3 rings (SSSR count). The number of rotatable bonds is 10. The minimum Gasteiger partial charge on any atom is -0.457 e. The Bertz CT molecular complexity index is 1010. The molecular formula is C22H30F2O11S. The van der Waals surface area contributed by atoms with Crippen LogP contribution in [0.4, 0.5) is 8.78 Å². The highest BCUT2D eigenvalue weighted by molar-refractivity contribution is 7.86. The molecular weight excluding hydrogens is 510 g/mol. The Labute approximate surface area is 206 Å². The minimum absolute atomic E-state index is 0.214. The maximum Gasteiger partial charge on any atom is 0.405 e. The summed E-state index contributed by atoms with van der Waals surface area (Å²) < 4.78 is 76.6. The SMILES string of the molecule is CC(OC(=O)CCC(=O)OC1CC(C(=O)OC(C)(C)C2CC3CCC2C3)OC1=O)C(F)(F)S(=O)(=O)O. The summed E-state index contributed by atoms with van der Waals surface area (Å²) in [6, 6.07) is 0. The number of fused-ring (bicyclic) bond motifs is 2. The Morgan fingerprint density at radius 2 is 1.75 bits per heavy atom. The van der Waals surface area contributed by atoms with Gasteiger partial charge in [0.2, 0.25) is 12.2 Å². The van der Waals surface area contributed by atoms with E-state index >= 15 is 0 Å². The van der Waals surface area contributed by atoms with E-state index in [1.807, 2.05) is 13.8 Å². The Morgan fingerprint density at radius 1 is 1.11 bits per heavy atom. The molecule has 3 fully saturated rings. The van der Waals surface area contributed by atoms with Crippen LogP contribution in [0, 0.1) is 17.8 Å². The first kappa shape index (κ1) is 28.2.